The minimum absolute atomic E-state index is 0.990. The molecule has 0 aromatic heterocycles. The van der Waals surface area contributed by atoms with Crippen molar-refractivity contribution in [1.29, 1.82) is 0 Å². The average Bonchev–Trinajstić information content (AvgIpc) is 3.31. The molecule has 0 saturated carbocycles. The maximum Gasteiger partial charge on any atom is 0.0334 e. The van der Waals surface area contributed by atoms with Crippen molar-refractivity contribution in [2.75, 3.05) is 0 Å². The van der Waals surface area contributed by atoms with Crippen LogP contribution in [0.15, 0.2) is 206 Å². The Bertz CT molecular complexity index is 3450. The van der Waals surface area contributed by atoms with E-state index in [2.05, 4.69) is 218 Å². The minimum Gasteiger partial charge on any atom is -0.0622 e. The molecule has 0 aliphatic carbocycles. The van der Waals surface area contributed by atoms with Gasteiger partial charge in [0.1, 0.15) is 0 Å². The third kappa shape index (κ3) is 5.44. The fraction of sp³-hybridized carbons (Fsp3) is 0. The van der Waals surface area contributed by atoms with E-state index in [0.717, 1.165) is 33.0 Å². The molecule has 0 atom stereocenters. The van der Waals surface area contributed by atoms with Crippen LogP contribution in [0.25, 0.3) is 97.7 Å². The van der Waals surface area contributed by atoms with Crippen LogP contribution in [0.3, 0.4) is 0 Å². The van der Waals surface area contributed by atoms with Gasteiger partial charge in [0.2, 0.25) is 0 Å². The van der Waals surface area contributed by atoms with Crippen molar-refractivity contribution in [1.82, 2.24) is 0 Å². The Hall–Kier alpha value is -8.16. The Morgan fingerprint density at radius 2 is 0.550 bits per heavy atom. The topological polar surface area (TPSA) is 0 Å². The van der Waals surface area contributed by atoms with E-state index in [1.807, 2.05) is 12.1 Å². The Morgan fingerprint density at radius 1 is 0.233 bits per heavy atom. The lowest BCUT2D eigenvalue weighted by molar-refractivity contribution is 1.64. The van der Waals surface area contributed by atoms with E-state index in [-0.39, 0.29) is 0 Å². The molecule has 0 spiro atoms. The van der Waals surface area contributed by atoms with Crippen molar-refractivity contribution in [3.8, 4) is 45.9 Å². The van der Waals surface area contributed by atoms with Gasteiger partial charge in [-0.3, -0.25) is 0 Å². The summed E-state index contributed by atoms with van der Waals surface area (Å²) in [5.74, 6) is 14.5. The highest BCUT2D eigenvalue weighted by Gasteiger charge is 2.22. The molecule has 0 heteroatoms. The number of hydrogen-bond donors (Lipinski definition) is 0. The summed E-state index contributed by atoms with van der Waals surface area (Å²) in [5.41, 5.74) is 8.81. The highest BCUT2D eigenvalue weighted by molar-refractivity contribution is 6.32. The van der Waals surface area contributed by atoms with Crippen LogP contribution in [-0.4, -0.2) is 0 Å². The molecule has 0 aliphatic heterocycles. The Balaban J connectivity index is 1.28. The zero-order chi connectivity index (χ0) is 39.6. The second kappa shape index (κ2) is 13.7. The first kappa shape index (κ1) is 33.9. The number of rotatable bonds is 2. The van der Waals surface area contributed by atoms with Crippen LogP contribution >= 0.6 is 0 Å². The third-order valence-electron chi connectivity index (χ3n) is 12.2. The van der Waals surface area contributed by atoms with E-state index in [0.29, 0.717) is 0 Å². The van der Waals surface area contributed by atoms with Gasteiger partial charge in [0.25, 0.3) is 0 Å². The molecule has 0 radical (unpaired) electrons. The van der Waals surface area contributed by atoms with Gasteiger partial charge in [0.15, 0.2) is 0 Å². The summed E-state index contributed by atoms with van der Waals surface area (Å²) in [6.07, 6.45) is 0. The second-order valence-corrected chi connectivity index (χ2v) is 15.6. The van der Waals surface area contributed by atoms with Gasteiger partial charge in [0, 0.05) is 22.3 Å². The van der Waals surface area contributed by atoms with Crippen molar-refractivity contribution in [2.24, 2.45) is 0 Å². The van der Waals surface area contributed by atoms with Crippen molar-refractivity contribution < 1.29 is 0 Å². The van der Waals surface area contributed by atoms with Crippen molar-refractivity contribution in [3.05, 3.63) is 229 Å². The lowest BCUT2D eigenvalue weighted by Crippen LogP contribution is -1.96. The van der Waals surface area contributed by atoms with E-state index in [9.17, 15) is 0 Å². The molecule has 274 valence electrons. The molecule has 0 heterocycles. The number of fused-ring (bicyclic) bond motifs is 4. The van der Waals surface area contributed by atoms with Gasteiger partial charge in [-0.25, -0.2) is 0 Å². The molecule has 0 saturated heterocycles. The van der Waals surface area contributed by atoms with Crippen LogP contribution in [0, 0.1) is 23.7 Å². The highest BCUT2D eigenvalue weighted by Crippen LogP contribution is 2.49. The zero-order valence-corrected chi connectivity index (χ0v) is 32.6. The van der Waals surface area contributed by atoms with Crippen LogP contribution in [0.4, 0.5) is 0 Å². The van der Waals surface area contributed by atoms with Gasteiger partial charge >= 0.3 is 0 Å². The summed E-state index contributed by atoms with van der Waals surface area (Å²) in [6, 6.07) is 74.5. The first-order chi connectivity index (χ1) is 29.8. The molecule has 60 heavy (non-hydrogen) atoms. The SMILES string of the molecule is C(#Cc1cc(-c2c3ccccc3cc3ccccc23)c2ccc3c(C#Cc4ccccc4)cc(-c4c5ccccc5cc5ccccc45)c4ccc1c2c34)c1ccccc1. The standard InChI is InChI=1S/C60H34/c1-3-15-39(16-4-1)27-29-45-37-55(57-47-23-11-7-19-41(47)35-42-20-8-12-24-48(42)57)53-34-32-52-46(30-28-40-17-5-2-6-18-40)38-56(54-33-31-51(45)59(53)60(52)54)58-49-25-13-9-21-43(49)36-44-22-10-14-26-50(44)58/h1-26,31-38H. The van der Waals surface area contributed by atoms with Gasteiger partial charge in [-0.15, -0.1) is 0 Å². The molecular weight excluding hydrogens is 721 g/mol. The third-order valence-corrected chi connectivity index (χ3v) is 12.2. The maximum atomic E-state index is 3.70. The van der Waals surface area contributed by atoms with Crippen LogP contribution < -0.4 is 0 Å². The molecule has 12 rings (SSSR count). The summed E-state index contributed by atoms with van der Waals surface area (Å²) in [4.78, 5) is 0. The molecule has 0 nitrogen and oxygen atoms in total. The lowest BCUT2D eigenvalue weighted by Gasteiger charge is -2.21. The predicted molar refractivity (Wildman–Crippen MR) is 256 cm³/mol. The minimum atomic E-state index is 0.990. The van der Waals surface area contributed by atoms with E-state index in [1.165, 1.54) is 86.9 Å². The first-order valence-electron chi connectivity index (χ1n) is 20.5. The fourth-order valence-corrected chi connectivity index (χ4v) is 9.54. The van der Waals surface area contributed by atoms with E-state index >= 15 is 0 Å². The van der Waals surface area contributed by atoms with Crippen molar-refractivity contribution in [2.45, 2.75) is 0 Å². The smallest absolute Gasteiger partial charge is 0.0334 e. The van der Waals surface area contributed by atoms with E-state index in [1.54, 1.807) is 0 Å². The number of benzene rings is 12. The van der Waals surface area contributed by atoms with Crippen molar-refractivity contribution >= 4 is 75.4 Å². The van der Waals surface area contributed by atoms with Crippen LogP contribution in [0.2, 0.25) is 0 Å². The van der Waals surface area contributed by atoms with Gasteiger partial charge in [-0.05, 0) is 146 Å². The van der Waals surface area contributed by atoms with Gasteiger partial charge in [-0.1, -0.05) is 181 Å². The predicted octanol–water partition coefficient (Wildman–Crippen LogP) is 15.3. The van der Waals surface area contributed by atoms with Gasteiger partial charge < -0.3 is 0 Å². The highest BCUT2D eigenvalue weighted by atomic mass is 14.2. The first-order valence-corrected chi connectivity index (χ1v) is 20.5. The summed E-state index contributed by atoms with van der Waals surface area (Å²) < 4.78 is 0. The van der Waals surface area contributed by atoms with Gasteiger partial charge in [-0.2, -0.15) is 0 Å². The quantitative estimate of drug-likeness (QED) is 0.0937. The van der Waals surface area contributed by atoms with E-state index < -0.39 is 0 Å². The Labute approximate surface area is 348 Å². The Kier molecular flexibility index (Phi) is 7.78. The zero-order valence-electron chi connectivity index (χ0n) is 32.6. The molecule has 0 amide bonds. The summed E-state index contributed by atoms with van der Waals surface area (Å²) in [5, 5.41) is 16.9. The molecule has 0 fully saturated rings. The average molecular weight is 755 g/mol. The molecule has 0 N–H and O–H groups in total. The monoisotopic (exact) mass is 754 g/mol. The molecule has 0 aliphatic rings. The lowest BCUT2D eigenvalue weighted by atomic mass is 9.81. The summed E-state index contributed by atoms with van der Waals surface area (Å²) >= 11 is 0. The molecular formula is C60H34. The van der Waals surface area contributed by atoms with Crippen LogP contribution in [-0.2, 0) is 0 Å². The maximum absolute atomic E-state index is 3.70. The van der Waals surface area contributed by atoms with Gasteiger partial charge in [0.05, 0.1) is 0 Å². The Morgan fingerprint density at radius 3 is 0.917 bits per heavy atom. The van der Waals surface area contributed by atoms with Crippen LogP contribution in [0.1, 0.15) is 22.3 Å². The molecule has 12 aromatic rings. The molecule has 12 aromatic carbocycles. The normalized spacial score (nSPS) is 11.4. The largest absolute Gasteiger partial charge is 0.0622 e. The summed E-state index contributed by atoms with van der Waals surface area (Å²) in [6.45, 7) is 0. The second-order valence-electron chi connectivity index (χ2n) is 15.6. The number of hydrogen-bond acceptors (Lipinski definition) is 0. The van der Waals surface area contributed by atoms with Crippen LogP contribution in [0.5, 0.6) is 0 Å². The molecule has 0 unspecified atom stereocenters. The van der Waals surface area contributed by atoms with Crippen molar-refractivity contribution in [3.63, 3.8) is 0 Å². The fourth-order valence-electron chi connectivity index (χ4n) is 9.54. The molecule has 0 bridgehead atoms. The summed E-state index contributed by atoms with van der Waals surface area (Å²) in [7, 11) is 0. The van der Waals surface area contributed by atoms with E-state index in [4.69, 9.17) is 0 Å².